The van der Waals surface area contributed by atoms with Crippen LogP contribution in [0.4, 0.5) is 0 Å². The monoisotopic (exact) mass is 1320 g/mol. The Bertz CT molecular complexity index is 6170. The van der Waals surface area contributed by atoms with Crippen LogP contribution >= 0.6 is 0 Å². The molecule has 0 saturated heterocycles. The van der Waals surface area contributed by atoms with Crippen LogP contribution in [-0.2, 0) is 0 Å². The Morgan fingerprint density at radius 1 is 0.0865 bits per heavy atom. The molecule has 20 rings (SSSR count). The summed E-state index contributed by atoms with van der Waals surface area (Å²) < 4.78 is 0. The molecule has 20 aromatic rings. The van der Waals surface area contributed by atoms with Gasteiger partial charge in [-0.25, -0.2) is 0 Å². The lowest BCUT2D eigenvalue weighted by molar-refractivity contribution is 1.58. The molecule has 0 nitrogen and oxygen atoms in total. The van der Waals surface area contributed by atoms with Gasteiger partial charge in [0.05, 0.1) is 0 Å². The van der Waals surface area contributed by atoms with Crippen LogP contribution in [-0.4, -0.2) is 0 Å². The van der Waals surface area contributed by atoms with E-state index in [9.17, 15) is 0 Å². The molecular formula is C104H68. The third kappa shape index (κ3) is 11.5. The van der Waals surface area contributed by atoms with Crippen LogP contribution in [0.3, 0.4) is 0 Å². The van der Waals surface area contributed by atoms with Crippen molar-refractivity contribution in [3.63, 3.8) is 0 Å². The van der Waals surface area contributed by atoms with Crippen LogP contribution < -0.4 is 0 Å². The van der Waals surface area contributed by atoms with Gasteiger partial charge in [0.2, 0.25) is 0 Å². The van der Waals surface area contributed by atoms with Crippen molar-refractivity contribution in [1.29, 1.82) is 0 Å². The normalized spacial score (nSPS) is 11.5. The van der Waals surface area contributed by atoms with Crippen molar-refractivity contribution in [1.82, 2.24) is 0 Å². The highest BCUT2D eigenvalue weighted by Gasteiger charge is 2.23. The first-order valence-electron chi connectivity index (χ1n) is 36.0. The van der Waals surface area contributed by atoms with Crippen LogP contribution in [0.15, 0.2) is 413 Å². The number of rotatable bonds is 10. The summed E-state index contributed by atoms with van der Waals surface area (Å²) in [4.78, 5) is 0. The Labute approximate surface area is 606 Å². The van der Waals surface area contributed by atoms with Gasteiger partial charge in [0.1, 0.15) is 0 Å². The van der Waals surface area contributed by atoms with E-state index in [0.717, 1.165) is 0 Å². The number of hydrogen-bond acceptors (Lipinski definition) is 0. The van der Waals surface area contributed by atoms with E-state index in [-0.39, 0.29) is 0 Å². The van der Waals surface area contributed by atoms with Gasteiger partial charge in [-0.2, -0.15) is 0 Å². The van der Waals surface area contributed by atoms with E-state index in [0.29, 0.717) is 0 Å². The molecule has 0 aliphatic rings. The van der Waals surface area contributed by atoms with Gasteiger partial charge in [-0.05, 0) is 282 Å². The maximum Gasteiger partial charge on any atom is -0.00257 e. The molecule has 0 N–H and O–H groups in total. The lowest BCUT2D eigenvalue weighted by atomic mass is 9.82. The molecule has 0 atom stereocenters. The molecule has 0 radical (unpaired) electrons. The van der Waals surface area contributed by atoms with E-state index in [2.05, 4.69) is 413 Å². The topological polar surface area (TPSA) is 0 Å². The lowest BCUT2D eigenvalue weighted by Crippen LogP contribution is -1.94. The minimum absolute atomic E-state index is 1.21. The second kappa shape index (κ2) is 26.5. The summed E-state index contributed by atoms with van der Waals surface area (Å²) in [6, 6.07) is 151. The Morgan fingerprint density at radius 2 is 0.288 bits per heavy atom. The van der Waals surface area contributed by atoms with Gasteiger partial charge >= 0.3 is 0 Å². The Hall–Kier alpha value is -13.5. The smallest absolute Gasteiger partial charge is 0.00257 e. The third-order valence-corrected chi connectivity index (χ3v) is 21.1. The molecule has 0 heteroatoms. The summed E-state index contributed by atoms with van der Waals surface area (Å²) in [6.07, 6.45) is 0. The van der Waals surface area contributed by atoms with Gasteiger partial charge in [-0.3, -0.25) is 0 Å². The van der Waals surface area contributed by atoms with Crippen molar-refractivity contribution >= 4 is 86.2 Å². The zero-order valence-corrected chi connectivity index (χ0v) is 57.3. The van der Waals surface area contributed by atoms with Crippen molar-refractivity contribution in [3.8, 4) is 111 Å². The molecular weight excluding hydrogens is 1250 g/mol. The van der Waals surface area contributed by atoms with Crippen LogP contribution in [0, 0.1) is 0 Å². The van der Waals surface area contributed by atoms with Crippen molar-refractivity contribution in [2.45, 2.75) is 0 Å². The summed E-state index contributed by atoms with van der Waals surface area (Å²) in [6.45, 7) is 0. The van der Waals surface area contributed by atoms with Crippen molar-refractivity contribution < 1.29 is 0 Å². The zero-order valence-electron chi connectivity index (χ0n) is 57.3. The first-order valence-corrected chi connectivity index (χ1v) is 36.0. The molecule has 0 spiro atoms. The number of hydrogen-bond donors (Lipinski definition) is 0. The van der Waals surface area contributed by atoms with Crippen molar-refractivity contribution in [2.24, 2.45) is 0 Å². The molecule has 0 aromatic heterocycles. The summed E-state index contributed by atoms with van der Waals surface area (Å²) >= 11 is 0. The van der Waals surface area contributed by atoms with E-state index >= 15 is 0 Å². The molecule has 0 saturated carbocycles. The van der Waals surface area contributed by atoms with Crippen LogP contribution in [0.1, 0.15) is 0 Å². The van der Waals surface area contributed by atoms with Gasteiger partial charge in [0.25, 0.3) is 0 Å². The second-order valence-corrected chi connectivity index (χ2v) is 27.4. The van der Waals surface area contributed by atoms with Gasteiger partial charge < -0.3 is 0 Å². The standard InChI is InChI=1S/C54H36.C50H32/c1-5-17-37(18-6-1)43-29-44(38-19-7-2-8-20-38)32-47(31-43)53-49-27-15-16-28-50(49)54(52-36-42-26-14-13-25-41(42)35-51(52)53)48-33-45(39-21-9-3-10-22-39)30-46(34-48)40-23-11-4-12-24-40;1-3-13-35-27-41(25-23-33(35)11-1)37-17-9-19-43(29-37)49-45-21-7-8-22-46(45)50(48-32-40-16-6-5-15-39(40)31-47(48)49)44-20-10-18-38(30-44)42-26-24-34-12-2-4-14-36(34)28-42/h1-36H;1-32H. The molecule has 484 valence electrons. The SMILES string of the molecule is c1cc(-c2ccc3ccccc3c2)cc(-c2c3ccccc3c(-c3cccc(-c4ccc5ccccc5c4)c3)c3cc4ccccc4cc23)c1.c1ccc(-c2cc(-c3ccccc3)cc(-c3c4ccccc4c(-c4cc(-c5ccccc5)cc(-c5ccccc5)c4)c4cc5ccccc5cc34)c2)cc1. The van der Waals surface area contributed by atoms with Gasteiger partial charge in [-0.15, -0.1) is 0 Å². The average molecular weight is 1320 g/mol. The van der Waals surface area contributed by atoms with Gasteiger partial charge in [0, 0.05) is 0 Å². The fourth-order valence-electron chi connectivity index (χ4n) is 16.1. The van der Waals surface area contributed by atoms with Crippen LogP contribution in [0.5, 0.6) is 0 Å². The minimum atomic E-state index is 1.21. The summed E-state index contributed by atoms with van der Waals surface area (Å²) in [5.74, 6) is 0. The van der Waals surface area contributed by atoms with E-state index in [1.54, 1.807) is 0 Å². The average Bonchev–Trinajstić information content (AvgIpc) is 0.728. The van der Waals surface area contributed by atoms with Gasteiger partial charge in [0.15, 0.2) is 0 Å². The third-order valence-electron chi connectivity index (χ3n) is 21.1. The predicted octanol–water partition coefficient (Wildman–Crippen LogP) is 29.3. The van der Waals surface area contributed by atoms with Crippen LogP contribution in [0.25, 0.3) is 197 Å². The zero-order chi connectivity index (χ0) is 68.9. The molecule has 0 aliphatic carbocycles. The molecule has 104 heavy (non-hydrogen) atoms. The largest absolute Gasteiger partial charge is 0.0622 e. The number of fused-ring (bicyclic) bond motifs is 8. The number of benzene rings is 20. The molecule has 0 bridgehead atoms. The maximum absolute atomic E-state index is 2.42. The first-order chi connectivity index (χ1) is 51.5. The molecule has 0 aliphatic heterocycles. The summed E-state index contributed by atoms with van der Waals surface area (Å²) in [5.41, 5.74) is 24.5. The highest BCUT2D eigenvalue weighted by atomic mass is 14.3. The predicted molar refractivity (Wildman–Crippen MR) is 447 cm³/mol. The first kappa shape index (κ1) is 61.6. The fourth-order valence-corrected chi connectivity index (χ4v) is 16.1. The Morgan fingerprint density at radius 3 is 0.587 bits per heavy atom. The maximum atomic E-state index is 2.42. The second-order valence-electron chi connectivity index (χ2n) is 27.4. The van der Waals surface area contributed by atoms with Crippen molar-refractivity contribution in [2.75, 3.05) is 0 Å². The lowest BCUT2D eigenvalue weighted by Gasteiger charge is -2.21. The highest BCUT2D eigenvalue weighted by Crippen LogP contribution is 2.50. The quantitative estimate of drug-likeness (QED) is 0.120. The molecule has 0 amide bonds. The van der Waals surface area contributed by atoms with E-state index in [1.807, 2.05) is 0 Å². The Kier molecular flexibility index (Phi) is 15.7. The molecule has 0 fully saturated rings. The summed E-state index contributed by atoms with van der Waals surface area (Å²) in [5, 5.41) is 20.0. The van der Waals surface area contributed by atoms with E-state index in [1.165, 1.54) is 197 Å². The molecule has 20 aromatic carbocycles. The fraction of sp³-hybridized carbons (Fsp3) is 0. The minimum Gasteiger partial charge on any atom is -0.0622 e. The molecule has 0 unspecified atom stereocenters. The van der Waals surface area contributed by atoms with E-state index in [4.69, 9.17) is 0 Å². The molecule has 0 heterocycles. The van der Waals surface area contributed by atoms with Crippen molar-refractivity contribution in [3.05, 3.63) is 413 Å². The van der Waals surface area contributed by atoms with Gasteiger partial charge in [-0.1, -0.05) is 328 Å². The highest BCUT2D eigenvalue weighted by molar-refractivity contribution is 6.26. The van der Waals surface area contributed by atoms with E-state index < -0.39 is 0 Å². The summed E-state index contributed by atoms with van der Waals surface area (Å²) in [7, 11) is 0. The Balaban J connectivity index is 0.000000144. The van der Waals surface area contributed by atoms with Crippen LogP contribution in [0.2, 0.25) is 0 Å².